The van der Waals surface area contributed by atoms with E-state index in [2.05, 4.69) is 32.9 Å². The lowest BCUT2D eigenvalue weighted by Gasteiger charge is -2.25. The summed E-state index contributed by atoms with van der Waals surface area (Å²) in [5, 5.41) is 8.58. The van der Waals surface area contributed by atoms with Crippen LogP contribution in [0.15, 0.2) is 12.2 Å². The Hall–Kier alpha value is -0.770. The second-order valence-corrected chi connectivity index (χ2v) is 5.57. The van der Waals surface area contributed by atoms with Crippen molar-refractivity contribution in [3.63, 3.8) is 0 Å². The van der Waals surface area contributed by atoms with E-state index in [4.69, 9.17) is 5.26 Å². The van der Waals surface area contributed by atoms with Crippen LogP contribution >= 0.6 is 0 Å². The third-order valence-electron chi connectivity index (χ3n) is 4.54. The molecule has 76 valence electrons. The highest BCUT2D eigenvalue weighted by Gasteiger charge is 2.62. The highest BCUT2D eigenvalue weighted by molar-refractivity contribution is 5.17. The van der Waals surface area contributed by atoms with Crippen LogP contribution in [-0.2, 0) is 0 Å². The summed E-state index contributed by atoms with van der Waals surface area (Å²) >= 11 is 0. The third-order valence-corrected chi connectivity index (χ3v) is 4.54. The minimum Gasteiger partial charge on any atom is -0.193 e. The fourth-order valence-electron chi connectivity index (χ4n) is 3.55. The van der Waals surface area contributed by atoms with E-state index in [0.29, 0.717) is 11.3 Å². The monoisotopic (exact) mass is 189 g/mol. The van der Waals surface area contributed by atoms with Crippen LogP contribution in [0.3, 0.4) is 0 Å². The van der Waals surface area contributed by atoms with Gasteiger partial charge in [-0.2, -0.15) is 5.26 Å². The fourth-order valence-corrected chi connectivity index (χ4v) is 3.55. The van der Waals surface area contributed by atoms with Crippen molar-refractivity contribution in [2.24, 2.45) is 29.1 Å². The van der Waals surface area contributed by atoms with E-state index >= 15 is 0 Å². The van der Waals surface area contributed by atoms with Gasteiger partial charge in [0.1, 0.15) is 0 Å². The molecule has 0 aliphatic heterocycles. The summed E-state index contributed by atoms with van der Waals surface area (Å²) in [6.45, 7) is 7.10. The van der Waals surface area contributed by atoms with Crippen molar-refractivity contribution in [3.8, 4) is 6.07 Å². The average molecular weight is 189 g/mol. The molecule has 2 aliphatic rings. The summed E-state index contributed by atoms with van der Waals surface area (Å²) in [6, 6.07) is 2.12. The molecule has 0 heterocycles. The van der Waals surface area contributed by atoms with Crippen LogP contribution in [0.2, 0.25) is 0 Å². The van der Waals surface area contributed by atoms with Gasteiger partial charge in [0.05, 0.1) is 6.07 Å². The second-order valence-electron chi connectivity index (χ2n) is 5.57. The van der Waals surface area contributed by atoms with Gasteiger partial charge in [0, 0.05) is 6.08 Å². The van der Waals surface area contributed by atoms with Crippen LogP contribution in [0.1, 0.15) is 33.6 Å². The van der Waals surface area contributed by atoms with Gasteiger partial charge in [0.2, 0.25) is 0 Å². The molecule has 0 saturated heterocycles. The smallest absolute Gasteiger partial charge is 0.0908 e. The van der Waals surface area contributed by atoms with E-state index in [1.165, 1.54) is 12.8 Å². The number of nitrogens with zero attached hydrogens (tertiary/aromatic N) is 1. The van der Waals surface area contributed by atoms with Crippen molar-refractivity contribution in [2.45, 2.75) is 33.6 Å². The van der Waals surface area contributed by atoms with Crippen molar-refractivity contribution in [1.82, 2.24) is 0 Å². The maximum absolute atomic E-state index is 8.58. The van der Waals surface area contributed by atoms with Gasteiger partial charge in [-0.25, -0.2) is 0 Å². The molecule has 0 spiro atoms. The highest BCUT2D eigenvalue weighted by Crippen LogP contribution is 2.68. The first-order valence-corrected chi connectivity index (χ1v) is 5.65. The summed E-state index contributed by atoms with van der Waals surface area (Å²) in [7, 11) is 0. The number of hydrogen-bond donors (Lipinski definition) is 0. The Morgan fingerprint density at radius 3 is 2.71 bits per heavy atom. The average Bonchev–Trinajstić information content (AvgIpc) is 2.68. The molecule has 1 heteroatoms. The fraction of sp³-hybridized carbons (Fsp3) is 0.769. The molecule has 2 saturated carbocycles. The SMILES string of the molecule is C[C@@H]1CCC2[C@@H]([C@@H]1C=CC#N)C2(C)C. The van der Waals surface area contributed by atoms with Crippen LogP contribution in [-0.4, -0.2) is 0 Å². The molecule has 0 radical (unpaired) electrons. The highest BCUT2D eigenvalue weighted by atomic mass is 14.7. The van der Waals surface area contributed by atoms with Crippen LogP contribution in [0.25, 0.3) is 0 Å². The Kier molecular flexibility index (Phi) is 2.18. The zero-order valence-corrected chi connectivity index (χ0v) is 9.33. The van der Waals surface area contributed by atoms with Gasteiger partial charge in [0.25, 0.3) is 0 Å². The zero-order valence-electron chi connectivity index (χ0n) is 9.33. The summed E-state index contributed by atoms with van der Waals surface area (Å²) in [5.74, 6) is 3.19. The molecular weight excluding hydrogens is 170 g/mol. The molecule has 0 bridgehead atoms. The molecule has 0 aromatic heterocycles. The van der Waals surface area contributed by atoms with Crippen LogP contribution in [0.4, 0.5) is 0 Å². The Bertz CT molecular complexity index is 295. The third kappa shape index (κ3) is 1.29. The van der Waals surface area contributed by atoms with Crippen molar-refractivity contribution in [2.75, 3.05) is 0 Å². The lowest BCUT2D eigenvalue weighted by atomic mass is 9.80. The van der Waals surface area contributed by atoms with Crippen LogP contribution in [0.5, 0.6) is 0 Å². The summed E-state index contributed by atoms with van der Waals surface area (Å²) in [6.07, 6.45) is 6.56. The lowest BCUT2D eigenvalue weighted by molar-refractivity contribution is 0.285. The Morgan fingerprint density at radius 1 is 1.36 bits per heavy atom. The largest absolute Gasteiger partial charge is 0.193 e. The van der Waals surface area contributed by atoms with Crippen molar-refractivity contribution >= 4 is 0 Å². The maximum atomic E-state index is 8.58. The molecule has 0 aromatic rings. The molecule has 0 amide bonds. The van der Waals surface area contributed by atoms with E-state index in [-0.39, 0.29) is 0 Å². The molecule has 4 atom stereocenters. The van der Waals surface area contributed by atoms with Crippen LogP contribution in [0, 0.1) is 40.4 Å². The second kappa shape index (κ2) is 3.12. The molecule has 14 heavy (non-hydrogen) atoms. The molecule has 2 fully saturated rings. The molecule has 0 aromatic carbocycles. The minimum atomic E-state index is 0.537. The van der Waals surface area contributed by atoms with Gasteiger partial charge in [-0.3, -0.25) is 0 Å². The quantitative estimate of drug-likeness (QED) is 0.580. The normalized spacial score (nSPS) is 44.4. The number of rotatable bonds is 1. The minimum absolute atomic E-state index is 0.537. The van der Waals surface area contributed by atoms with E-state index in [1.807, 2.05) is 0 Å². The number of hydrogen-bond acceptors (Lipinski definition) is 1. The van der Waals surface area contributed by atoms with E-state index < -0.39 is 0 Å². The molecule has 2 rings (SSSR count). The first-order valence-electron chi connectivity index (χ1n) is 5.65. The molecule has 2 aliphatic carbocycles. The standard InChI is InChI=1S/C13H19N/c1-9-6-7-11-12(13(11,2)3)10(9)5-4-8-14/h4-5,9-12H,6-7H2,1-3H3/t9-,10-,11?,12-/m1/s1. The lowest BCUT2D eigenvalue weighted by Crippen LogP contribution is -2.17. The number of allylic oxidation sites excluding steroid dienone is 2. The van der Waals surface area contributed by atoms with Gasteiger partial charge >= 0.3 is 0 Å². The molecular formula is C13H19N. The van der Waals surface area contributed by atoms with Crippen molar-refractivity contribution < 1.29 is 0 Å². The topological polar surface area (TPSA) is 23.8 Å². The Morgan fingerprint density at radius 2 is 2.07 bits per heavy atom. The zero-order chi connectivity index (χ0) is 10.3. The van der Waals surface area contributed by atoms with Gasteiger partial charge in [0.15, 0.2) is 0 Å². The predicted octanol–water partition coefficient (Wildman–Crippen LogP) is 3.38. The van der Waals surface area contributed by atoms with E-state index in [9.17, 15) is 0 Å². The molecule has 1 nitrogen and oxygen atoms in total. The number of fused-ring (bicyclic) bond motifs is 1. The van der Waals surface area contributed by atoms with Gasteiger partial charge < -0.3 is 0 Å². The first kappa shape index (κ1) is 9.77. The van der Waals surface area contributed by atoms with Gasteiger partial charge in [-0.15, -0.1) is 0 Å². The van der Waals surface area contributed by atoms with Crippen LogP contribution < -0.4 is 0 Å². The Balaban J connectivity index is 2.14. The summed E-state index contributed by atoms with van der Waals surface area (Å²) in [4.78, 5) is 0. The van der Waals surface area contributed by atoms with Crippen molar-refractivity contribution in [1.29, 1.82) is 5.26 Å². The summed E-state index contributed by atoms with van der Waals surface area (Å²) in [5.41, 5.74) is 0.537. The van der Waals surface area contributed by atoms with Crippen molar-refractivity contribution in [3.05, 3.63) is 12.2 Å². The van der Waals surface area contributed by atoms with E-state index in [0.717, 1.165) is 17.8 Å². The molecule has 1 unspecified atom stereocenters. The Labute approximate surface area is 86.8 Å². The van der Waals surface area contributed by atoms with E-state index in [1.54, 1.807) is 6.08 Å². The molecule has 0 N–H and O–H groups in total. The first-order chi connectivity index (χ1) is 6.59. The van der Waals surface area contributed by atoms with Gasteiger partial charge in [-0.05, 0) is 41.9 Å². The van der Waals surface area contributed by atoms with Gasteiger partial charge in [-0.1, -0.05) is 26.8 Å². The maximum Gasteiger partial charge on any atom is 0.0908 e. The number of nitriles is 1. The summed E-state index contributed by atoms with van der Waals surface area (Å²) < 4.78 is 0. The predicted molar refractivity (Wildman–Crippen MR) is 57.4 cm³/mol.